The first-order valence-electron chi connectivity index (χ1n) is 6.73. The van der Waals surface area contributed by atoms with Gasteiger partial charge in [0, 0.05) is 12.5 Å². The summed E-state index contributed by atoms with van der Waals surface area (Å²) in [4.78, 5) is 11.4. The third-order valence-electron chi connectivity index (χ3n) is 3.44. The van der Waals surface area contributed by atoms with Crippen molar-refractivity contribution in [2.75, 3.05) is 24.7 Å². The molecule has 1 aromatic rings. The number of alkyl halides is 1. The highest BCUT2D eigenvalue weighted by Crippen LogP contribution is 2.30. The van der Waals surface area contributed by atoms with Crippen molar-refractivity contribution in [1.29, 1.82) is 0 Å². The molecule has 2 heterocycles. The van der Waals surface area contributed by atoms with Crippen LogP contribution in [0.15, 0.2) is 6.20 Å². The smallest absolute Gasteiger partial charge is 0.131 e. The molecule has 0 saturated carbocycles. The summed E-state index contributed by atoms with van der Waals surface area (Å²) in [6, 6.07) is 0. The Balaban J connectivity index is 2.38. The van der Waals surface area contributed by atoms with E-state index in [1.165, 1.54) is 0 Å². The molecule has 0 aliphatic carbocycles. The quantitative estimate of drug-likeness (QED) is 0.800. The molecular formula is C14H22ClN3O. The van der Waals surface area contributed by atoms with Crippen molar-refractivity contribution in [2.24, 2.45) is 0 Å². The minimum absolute atomic E-state index is 0.0538. The number of nitrogens with zero attached hydrogens (tertiary/aromatic N) is 3. The van der Waals surface area contributed by atoms with E-state index in [4.69, 9.17) is 16.3 Å². The van der Waals surface area contributed by atoms with Crippen LogP contribution in [-0.2, 0) is 10.6 Å². The minimum Gasteiger partial charge on any atom is -0.377 e. The standard InChI is InChI=1S/C14H22ClN3O/c1-10(2)13-16-8-12(11(7-15)17-13)18-5-6-19-9-14(18,3)4/h8,10H,5-7,9H2,1-4H3. The SMILES string of the molecule is CC(C)c1ncc(N2CCOCC2(C)C)c(CCl)n1. The fourth-order valence-corrected chi connectivity index (χ4v) is 2.53. The van der Waals surface area contributed by atoms with E-state index < -0.39 is 0 Å². The number of hydrogen-bond acceptors (Lipinski definition) is 4. The highest BCUT2D eigenvalue weighted by molar-refractivity contribution is 6.17. The Labute approximate surface area is 120 Å². The van der Waals surface area contributed by atoms with Gasteiger partial charge in [-0.1, -0.05) is 13.8 Å². The maximum Gasteiger partial charge on any atom is 0.131 e. The van der Waals surface area contributed by atoms with Gasteiger partial charge in [-0.25, -0.2) is 9.97 Å². The van der Waals surface area contributed by atoms with Crippen LogP contribution in [0, 0.1) is 0 Å². The van der Waals surface area contributed by atoms with Crippen molar-refractivity contribution in [3.05, 3.63) is 17.7 Å². The minimum atomic E-state index is -0.0538. The van der Waals surface area contributed by atoms with Crippen molar-refractivity contribution in [1.82, 2.24) is 9.97 Å². The zero-order chi connectivity index (χ0) is 14.0. The lowest BCUT2D eigenvalue weighted by Crippen LogP contribution is -2.53. The summed E-state index contributed by atoms with van der Waals surface area (Å²) in [5, 5.41) is 0. The molecule has 1 aromatic heterocycles. The summed E-state index contributed by atoms with van der Waals surface area (Å²) < 4.78 is 5.56. The van der Waals surface area contributed by atoms with Gasteiger partial charge in [-0.2, -0.15) is 0 Å². The van der Waals surface area contributed by atoms with Crippen LogP contribution in [-0.4, -0.2) is 35.3 Å². The monoisotopic (exact) mass is 283 g/mol. The van der Waals surface area contributed by atoms with Crippen LogP contribution >= 0.6 is 11.6 Å². The van der Waals surface area contributed by atoms with Crippen LogP contribution in [0.4, 0.5) is 5.69 Å². The summed E-state index contributed by atoms with van der Waals surface area (Å²) in [7, 11) is 0. The maximum atomic E-state index is 6.07. The molecule has 19 heavy (non-hydrogen) atoms. The summed E-state index contributed by atoms with van der Waals surface area (Å²) in [5.41, 5.74) is 1.89. The Morgan fingerprint density at radius 3 is 2.79 bits per heavy atom. The topological polar surface area (TPSA) is 38.2 Å². The Morgan fingerprint density at radius 2 is 2.21 bits per heavy atom. The normalized spacial score (nSPS) is 18.9. The van der Waals surface area contributed by atoms with Crippen LogP contribution in [0.2, 0.25) is 0 Å². The van der Waals surface area contributed by atoms with E-state index in [0.29, 0.717) is 18.4 Å². The molecule has 0 spiro atoms. The first kappa shape index (κ1) is 14.5. The third kappa shape index (κ3) is 3.00. The number of rotatable bonds is 3. The number of hydrogen-bond donors (Lipinski definition) is 0. The van der Waals surface area contributed by atoms with E-state index in [9.17, 15) is 0 Å². The molecule has 0 amide bonds. The van der Waals surface area contributed by atoms with E-state index in [0.717, 1.165) is 30.4 Å². The van der Waals surface area contributed by atoms with Crippen LogP contribution in [0.3, 0.4) is 0 Å². The lowest BCUT2D eigenvalue weighted by molar-refractivity contribution is 0.0642. The van der Waals surface area contributed by atoms with E-state index in [-0.39, 0.29) is 5.54 Å². The van der Waals surface area contributed by atoms with Crippen molar-refractivity contribution in [3.63, 3.8) is 0 Å². The summed E-state index contributed by atoms with van der Waals surface area (Å²) >= 11 is 6.07. The predicted molar refractivity (Wildman–Crippen MR) is 77.9 cm³/mol. The zero-order valence-electron chi connectivity index (χ0n) is 12.1. The molecule has 106 valence electrons. The molecule has 0 atom stereocenters. The molecule has 2 rings (SSSR count). The highest BCUT2D eigenvalue weighted by atomic mass is 35.5. The van der Waals surface area contributed by atoms with Gasteiger partial charge in [-0.3, -0.25) is 0 Å². The summed E-state index contributed by atoms with van der Waals surface area (Å²) in [5.74, 6) is 1.57. The van der Waals surface area contributed by atoms with Crippen LogP contribution in [0.25, 0.3) is 0 Å². The molecule has 0 radical (unpaired) electrons. The summed E-state index contributed by atoms with van der Waals surface area (Å²) in [6.07, 6.45) is 1.91. The number of anilines is 1. The second-order valence-electron chi connectivity index (χ2n) is 5.87. The van der Waals surface area contributed by atoms with E-state index in [2.05, 4.69) is 42.6 Å². The van der Waals surface area contributed by atoms with Crippen LogP contribution in [0.5, 0.6) is 0 Å². The van der Waals surface area contributed by atoms with Crippen molar-refractivity contribution in [3.8, 4) is 0 Å². The molecule has 5 heteroatoms. The lowest BCUT2D eigenvalue weighted by atomic mass is 10.0. The van der Waals surface area contributed by atoms with Crippen molar-refractivity contribution in [2.45, 2.75) is 45.0 Å². The van der Waals surface area contributed by atoms with Gasteiger partial charge in [0.05, 0.1) is 42.2 Å². The molecule has 1 aliphatic rings. The molecule has 0 unspecified atom stereocenters. The van der Waals surface area contributed by atoms with Gasteiger partial charge in [0.15, 0.2) is 0 Å². The average molecular weight is 284 g/mol. The van der Waals surface area contributed by atoms with Gasteiger partial charge < -0.3 is 9.64 Å². The molecule has 1 saturated heterocycles. The van der Waals surface area contributed by atoms with E-state index in [1.54, 1.807) is 0 Å². The van der Waals surface area contributed by atoms with Gasteiger partial charge in [0.25, 0.3) is 0 Å². The highest BCUT2D eigenvalue weighted by Gasteiger charge is 2.32. The molecule has 1 aliphatic heterocycles. The Hall–Kier alpha value is -0.870. The second kappa shape index (κ2) is 5.63. The molecule has 4 nitrogen and oxygen atoms in total. The first-order chi connectivity index (χ1) is 8.95. The lowest BCUT2D eigenvalue weighted by Gasteiger charge is -2.44. The second-order valence-corrected chi connectivity index (χ2v) is 6.13. The van der Waals surface area contributed by atoms with Gasteiger partial charge in [0.1, 0.15) is 5.82 Å². The van der Waals surface area contributed by atoms with E-state index in [1.807, 2.05) is 6.20 Å². The van der Waals surface area contributed by atoms with Crippen LogP contribution < -0.4 is 4.90 Å². The van der Waals surface area contributed by atoms with Gasteiger partial charge in [-0.15, -0.1) is 11.6 Å². The van der Waals surface area contributed by atoms with Crippen LogP contribution in [0.1, 0.15) is 45.1 Å². The number of halogens is 1. The number of morpholine rings is 1. The third-order valence-corrected chi connectivity index (χ3v) is 3.70. The van der Waals surface area contributed by atoms with E-state index >= 15 is 0 Å². The molecule has 0 N–H and O–H groups in total. The van der Waals surface area contributed by atoms with Gasteiger partial charge >= 0.3 is 0 Å². The molecule has 0 aromatic carbocycles. The van der Waals surface area contributed by atoms with Gasteiger partial charge in [0.2, 0.25) is 0 Å². The Kier molecular flexibility index (Phi) is 4.31. The largest absolute Gasteiger partial charge is 0.377 e. The maximum absolute atomic E-state index is 6.07. The molecule has 1 fully saturated rings. The first-order valence-corrected chi connectivity index (χ1v) is 7.26. The zero-order valence-corrected chi connectivity index (χ0v) is 12.9. The number of aromatic nitrogens is 2. The average Bonchev–Trinajstić information content (AvgIpc) is 2.37. The van der Waals surface area contributed by atoms with Crippen molar-refractivity contribution < 1.29 is 4.74 Å². The van der Waals surface area contributed by atoms with Gasteiger partial charge in [-0.05, 0) is 13.8 Å². The fraction of sp³-hybridized carbons (Fsp3) is 0.714. The predicted octanol–water partition coefficient (Wildman–Crippen LogP) is 2.95. The fourth-order valence-electron chi connectivity index (χ4n) is 2.33. The molecule has 0 bridgehead atoms. The Morgan fingerprint density at radius 1 is 1.47 bits per heavy atom. The number of ether oxygens (including phenoxy) is 1. The summed E-state index contributed by atoms with van der Waals surface area (Å²) in [6.45, 7) is 10.8. The molecular weight excluding hydrogens is 262 g/mol. The Bertz CT molecular complexity index is 448. The van der Waals surface area contributed by atoms with Crippen molar-refractivity contribution >= 4 is 17.3 Å².